The number of hydrogen-bond acceptors (Lipinski definition) is 4. The van der Waals surface area contributed by atoms with Gasteiger partial charge in [-0.2, -0.15) is 0 Å². The molecule has 234 valence electrons. The number of nitrogens with one attached hydrogen (secondary N) is 2. The van der Waals surface area contributed by atoms with Gasteiger partial charge in [0, 0.05) is 29.4 Å². The maximum absolute atomic E-state index is 12.2. The fraction of sp³-hybridized carbons (Fsp3) is 0.139. The van der Waals surface area contributed by atoms with Crippen LogP contribution >= 0.6 is 23.2 Å². The van der Waals surface area contributed by atoms with E-state index in [4.69, 9.17) is 32.9 Å². The lowest BCUT2D eigenvalue weighted by Gasteiger charge is -2.14. The number of aromatic carboxylic acids is 1. The van der Waals surface area contributed by atoms with Gasteiger partial charge in [0.1, 0.15) is 11.6 Å². The van der Waals surface area contributed by atoms with Gasteiger partial charge < -0.3 is 25.0 Å². The van der Waals surface area contributed by atoms with Crippen LogP contribution in [0.15, 0.2) is 91.1 Å². The zero-order valence-corrected chi connectivity index (χ0v) is 26.9. The van der Waals surface area contributed by atoms with E-state index in [9.17, 15) is 14.7 Å². The van der Waals surface area contributed by atoms with Gasteiger partial charge in [-0.05, 0) is 84.6 Å². The first-order valence-corrected chi connectivity index (χ1v) is 15.2. The lowest BCUT2D eigenvalue weighted by Crippen LogP contribution is -2.34. The van der Waals surface area contributed by atoms with E-state index in [-0.39, 0.29) is 17.6 Å². The van der Waals surface area contributed by atoms with Crippen LogP contribution in [-0.4, -0.2) is 39.8 Å². The molecule has 0 saturated heterocycles. The number of anilines is 1. The number of carboxylic acid groups (broad SMARTS) is 1. The molecular formula is C36H32Cl2N4O4. The van der Waals surface area contributed by atoms with Crippen LogP contribution in [-0.2, 0) is 6.54 Å². The van der Waals surface area contributed by atoms with Crippen LogP contribution in [0.5, 0.6) is 5.75 Å². The number of benzene rings is 4. The van der Waals surface area contributed by atoms with Crippen molar-refractivity contribution in [3.05, 3.63) is 124 Å². The molecule has 0 aliphatic rings. The van der Waals surface area contributed by atoms with Crippen molar-refractivity contribution in [3.8, 4) is 28.1 Å². The fourth-order valence-electron chi connectivity index (χ4n) is 4.82. The van der Waals surface area contributed by atoms with Gasteiger partial charge in [-0.1, -0.05) is 71.7 Å². The number of halogens is 2. The summed E-state index contributed by atoms with van der Waals surface area (Å²) in [5.41, 5.74) is 6.06. The van der Waals surface area contributed by atoms with E-state index in [1.807, 2.05) is 85.3 Å². The molecule has 5 rings (SSSR count). The van der Waals surface area contributed by atoms with Crippen molar-refractivity contribution >= 4 is 53.0 Å². The molecule has 2 amide bonds. The molecule has 0 atom stereocenters. The number of rotatable bonds is 10. The van der Waals surface area contributed by atoms with Crippen molar-refractivity contribution in [1.82, 2.24) is 14.9 Å². The average Bonchev–Trinajstić information content (AvgIpc) is 3.42. The van der Waals surface area contributed by atoms with Crippen molar-refractivity contribution in [3.63, 3.8) is 0 Å². The minimum atomic E-state index is -0.970. The van der Waals surface area contributed by atoms with Crippen LogP contribution in [0.2, 0.25) is 10.0 Å². The van der Waals surface area contributed by atoms with Crippen molar-refractivity contribution in [2.45, 2.75) is 26.4 Å². The number of carbonyl (C=O) groups is 2. The Hall–Kier alpha value is -5.05. The second-order valence-corrected chi connectivity index (χ2v) is 11.7. The lowest BCUT2D eigenvalue weighted by molar-refractivity contribution is 0.0697. The molecule has 0 aliphatic heterocycles. The molecule has 3 N–H and O–H groups in total. The molecule has 46 heavy (non-hydrogen) atoms. The van der Waals surface area contributed by atoms with Gasteiger partial charge in [0.15, 0.2) is 0 Å². The van der Waals surface area contributed by atoms with Crippen LogP contribution in [0.1, 0.15) is 41.2 Å². The van der Waals surface area contributed by atoms with Crippen LogP contribution in [0.25, 0.3) is 34.5 Å². The van der Waals surface area contributed by atoms with Crippen LogP contribution in [0.4, 0.5) is 10.5 Å². The second kappa shape index (κ2) is 14.4. The zero-order valence-electron chi connectivity index (χ0n) is 25.4. The summed E-state index contributed by atoms with van der Waals surface area (Å²) in [7, 11) is 1.57. The smallest absolute Gasteiger partial charge is 0.335 e. The summed E-state index contributed by atoms with van der Waals surface area (Å²) in [6.45, 7) is 4.26. The predicted molar refractivity (Wildman–Crippen MR) is 185 cm³/mol. The Labute approximate surface area is 277 Å². The zero-order chi connectivity index (χ0) is 32.8. The second-order valence-electron chi connectivity index (χ2n) is 10.9. The summed E-state index contributed by atoms with van der Waals surface area (Å²) < 4.78 is 7.53. The third kappa shape index (κ3) is 7.96. The van der Waals surface area contributed by atoms with Gasteiger partial charge in [0.25, 0.3) is 0 Å². The summed E-state index contributed by atoms with van der Waals surface area (Å²) in [5.74, 6) is 0.283. The number of methoxy groups -OCH3 is 1. The highest BCUT2D eigenvalue weighted by atomic mass is 35.5. The van der Waals surface area contributed by atoms with Gasteiger partial charge in [-0.25, -0.2) is 14.6 Å². The molecular weight excluding hydrogens is 623 g/mol. The largest absolute Gasteiger partial charge is 0.495 e. The van der Waals surface area contributed by atoms with Crippen LogP contribution in [0.3, 0.4) is 0 Å². The highest BCUT2D eigenvalue weighted by Crippen LogP contribution is 2.32. The first-order chi connectivity index (χ1) is 22.1. The van der Waals surface area contributed by atoms with E-state index >= 15 is 0 Å². The van der Waals surface area contributed by atoms with Crippen molar-refractivity contribution in [2.75, 3.05) is 12.4 Å². The summed E-state index contributed by atoms with van der Waals surface area (Å²) >= 11 is 12.6. The molecule has 0 unspecified atom stereocenters. The van der Waals surface area contributed by atoms with E-state index in [0.29, 0.717) is 39.5 Å². The molecule has 0 bridgehead atoms. The number of nitrogens with zero attached hydrogens (tertiary/aromatic N) is 2. The van der Waals surface area contributed by atoms with Gasteiger partial charge in [-0.15, -0.1) is 0 Å². The average molecular weight is 656 g/mol. The number of imidazole rings is 1. The number of aromatic nitrogens is 2. The molecule has 4 aromatic carbocycles. The molecule has 0 spiro atoms. The summed E-state index contributed by atoms with van der Waals surface area (Å²) in [6.07, 6.45) is 5.82. The van der Waals surface area contributed by atoms with E-state index in [1.54, 1.807) is 43.5 Å². The van der Waals surface area contributed by atoms with Gasteiger partial charge in [0.2, 0.25) is 0 Å². The van der Waals surface area contributed by atoms with E-state index in [0.717, 1.165) is 27.8 Å². The standard InChI is InChI=1S/C36H32Cl2N4O4/c1-22(2)39-36(45)41-31-16-13-27(18-33(31)46-3)25-9-4-23(5-10-25)8-17-34-40-32(29-15-14-28(37)19-30(29)38)21-42(34)20-24-6-11-26(12-7-24)35(43)44/h4-19,21-22H,20H2,1-3H3,(H,43,44)(H2,39,41,45)/b17-8+. The van der Waals surface area contributed by atoms with E-state index < -0.39 is 5.97 Å². The van der Waals surface area contributed by atoms with Crippen molar-refractivity contribution in [1.29, 1.82) is 0 Å². The minimum Gasteiger partial charge on any atom is -0.495 e. The molecule has 5 aromatic rings. The molecule has 0 fully saturated rings. The maximum Gasteiger partial charge on any atom is 0.335 e. The van der Waals surface area contributed by atoms with Crippen molar-refractivity contribution < 1.29 is 19.4 Å². The Bertz CT molecular complexity index is 1900. The highest BCUT2D eigenvalue weighted by Gasteiger charge is 2.13. The van der Waals surface area contributed by atoms with Crippen LogP contribution in [0, 0.1) is 0 Å². The first-order valence-electron chi connectivity index (χ1n) is 14.5. The van der Waals surface area contributed by atoms with Gasteiger partial charge in [0.05, 0.1) is 29.1 Å². The Morgan fingerprint density at radius 2 is 1.65 bits per heavy atom. The molecule has 0 aliphatic carbocycles. The SMILES string of the molecule is COc1cc(-c2ccc(/C=C/c3nc(-c4ccc(Cl)cc4Cl)cn3Cc3ccc(C(=O)O)cc3)cc2)ccc1NC(=O)NC(C)C. The Kier molecular flexibility index (Phi) is 10.1. The van der Waals surface area contributed by atoms with E-state index in [1.165, 1.54) is 0 Å². The van der Waals surface area contributed by atoms with Gasteiger partial charge in [-0.3, -0.25) is 0 Å². The first kappa shape index (κ1) is 32.3. The Morgan fingerprint density at radius 3 is 2.30 bits per heavy atom. The number of ether oxygens (including phenoxy) is 1. The summed E-state index contributed by atoms with van der Waals surface area (Å²) in [4.78, 5) is 28.3. The Morgan fingerprint density at radius 1 is 0.935 bits per heavy atom. The van der Waals surface area contributed by atoms with Crippen LogP contribution < -0.4 is 15.4 Å². The topological polar surface area (TPSA) is 105 Å². The molecule has 1 heterocycles. The quantitative estimate of drug-likeness (QED) is 0.139. The highest BCUT2D eigenvalue weighted by molar-refractivity contribution is 6.36. The number of carbonyl (C=O) groups excluding carboxylic acids is 1. The number of hydrogen-bond donors (Lipinski definition) is 3. The minimum absolute atomic E-state index is 0.0137. The Balaban J connectivity index is 1.39. The normalized spacial score (nSPS) is 11.2. The monoisotopic (exact) mass is 654 g/mol. The number of carboxylic acids is 1. The van der Waals surface area contributed by atoms with E-state index in [2.05, 4.69) is 10.6 Å². The lowest BCUT2D eigenvalue weighted by atomic mass is 10.0. The molecule has 0 radical (unpaired) electrons. The maximum atomic E-state index is 12.2. The molecule has 0 saturated carbocycles. The van der Waals surface area contributed by atoms with Gasteiger partial charge >= 0.3 is 12.0 Å². The predicted octanol–water partition coefficient (Wildman–Crippen LogP) is 8.98. The molecule has 8 nitrogen and oxygen atoms in total. The molecule has 1 aromatic heterocycles. The van der Waals surface area contributed by atoms with Crippen molar-refractivity contribution in [2.24, 2.45) is 0 Å². The summed E-state index contributed by atoms with van der Waals surface area (Å²) in [5, 5.41) is 15.9. The summed E-state index contributed by atoms with van der Waals surface area (Å²) in [6, 6.07) is 25.5. The third-order valence-corrected chi connectivity index (χ3v) is 7.65. The number of amides is 2. The fourth-order valence-corrected chi connectivity index (χ4v) is 5.32. The third-order valence-electron chi connectivity index (χ3n) is 7.11. The molecule has 10 heteroatoms. The number of urea groups is 1.